The molecular weight excluding hydrogens is 1720 g/mol. The fourth-order valence-corrected chi connectivity index (χ4v) is 16.9. The third-order valence-corrected chi connectivity index (χ3v) is 23.5. The number of nitrogens with two attached hydrogens (primary N) is 1. The number of halogens is 7. The number of carbonyl (C=O) groups excluding carboxylic acids is 4. The number of hydrogen-bond donors (Lipinski definition) is 3. The molecule has 6 aromatic rings. The minimum Gasteiger partial charge on any atom is -0.857 e. The molecule has 5 aliphatic rings. The van der Waals surface area contributed by atoms with Gasteiger partial charge in [-0.3, -0.25) is 24.4 Å². The number of fused-ring (bicyclic) bond motifs is 4. The summed E-state index contributed by atoms with van der Waals surface area (Å²) in [6, 6.07) is 25.4. The van der Waals surface area contributed by atoms with Crippen LogP contribution in [-0.2, 0) is 56.2 Å². The number of allylic oxidation sites excluding steroid dienone is 3. The Morgan fingerprint density at radius 1 is 0.784 bits per heavy atom. The van der Waals surface area contributed by atoms with E-state index < -0.39 is 48.2 Å². The van der Waals surface area contributed by atoms with Gasteiger partial charge >= 0.3 is 80.9 Å². The van der Waals surface area contributed by atoms with E-state index >= 15 is 0 Å². The van der Waals surface area contributed by atoms with Crippen LogP contribution in [0.3, 0.4) is 0 Å². The number of aliphatic hydroxyl groups is 1. The van der Waals surface area contributed by atoms with E-state index in [9.17, 15) is 54.3 Å². The van der Waals surface area contributed by atoms with Crippen LogP contribution in [-0.4, -0.2) is 138 Å². The number of anilines is 2. The van der Waals surface area contributed by atoms with Crippen molar-refractivity contribution >= 4 is 169 Å². The van der Waals surface area contributed by atoms with Gasteiger partial charge in [0.05, 0.1) is 64.0 Å². The molecule has 0 bridgehead atoms. The number of hydrogen-bond acceptors (Lipinski definition) is 20. The number of methoxy groups -OCH3 is 1. The van der Waals surface area contributed by atoms with Crippen molar-refractivity contribution in [2.24, 2.45) is 16.2 Å². The van der Waals surface area contributed by atoms with Crippen LogP contribution in [0.1, 0.15) is 146 Å². The first-order valence-corrected chi connectivity index (χ1v) is 43.6. The molecule has 630 valence electrons. The fraction of sp³-hybridized carbons (Fsp3) is 0.435. The van der Waals surface area contributed by atoms with Gasteiger partial charge in [0, 0.05) is 109 Å². The Labute approximate surface area is 792 Å². The molecule has 0 aliphatic carbocycles. The minimum atomic E-state index is -3.64. The number of nitrogen functional groups attached to an aromatic ring is 1. The van der Waals surface area contributed by atoms with E-state index in [1.54, 1.807) is 81.8 Å². The molecule has 0 saturated carbocycles. The van der Waals surface area contributed by atoms with Crippen LogP contribution in [0, 0.1) is 77.7 Å². The van der Waals surface area contributed by atoms with E-state index in [1.165, 1.54) is 44.9 Å². The number of Topliss-reactive ketones (excluding diaryl/α,β-unsaturated/α-hetero) is 2. The van der Waals surface area contributed by atoms with Crippen LogP contribution in [0.25, 0.3) is 21.8 Å². The van der Waals surface area contributed by atoms with Gasteiger partial charge in [0.15, 0.2) is 36.4 Å². The van der Waals surface area contributed by atoms with E-state index in [1.807, 2.05) is 90.1 Å². The maximum Gasteiger partial charge on any atom is 1.00 e. The maximum atomic E-state index is 14.2. The standard InChI is InChI=1S/C23H20F2N2O2S.C9H8N2.C8H9FO.C7H13ClOS.C7H12O3S.C7H12OS.C5H7ClOS.C4H8O.C4H6.C3H4Cl2.C3H4.C2H4OS.C2H2.CH3O.K.Na/c1-23(2)11-19-22(30(28,29)12-23)20(13-5-6-15(24)16(25)10-13)21-14-4-3-9-26-17(14)7-8-18(21)27-19;10-8-3-4-9-7(6-8)2-1-5-11-9;1-6-3-4-7(10-2)5-8(6)9;1-6(8)4-10-5-7(2,3)9;1-7(2)3-6(8)4-11(9,10)5-7;1-7(2)3-6(8)4-9-5-7;1-4(6)3-8-5(2)7;1-4(2)3-5-4;1-3-4-2;1-3(5)2-4;1-3-2;1-2(3)4;2*1-2;;/h3-10,20,27H,11-12H2,1-2H3;1-6H,10H2;3-5H,1-2H3;9H,1,4-5H2,2-3H3;3-5H2,1-2H3;3-5H2,1-2H3;1,3H2,2H3;3H2,1-2H3;1-2H3;1-2H2;1H,2H3;1H3,(H,3,4);1-2H;1H3;;/q;;;;;;;;;;;;;-1;2*+1/p-1. The number of ketones is 2. The minimum absolute atomic E-state index is 0. The molecule has 5 aliphatic heterocycles. The molecule has 116 heavy (non-hydrogen) atoms. The summed E-state index contributed by atoms with van der Waals surface area (Å²) in [5.41, 5.74) is 10.4. The van der Waals surface area contributed by atoms with Gasteiger partial charge in [-0.1, -0.05) is 132 Å². The third-order valence-electron chi connectivity index (χ3n) is 14.2. The number of pyridine rings is 2. The van der Waals surface area contributed by atoms with Crippen LogP contribution >= 0.6 is 81.7 Å². The molecule has 0 radical (unpaired) electrons. The van der Waals surface area contributed by atoms with Gasteiger partial charge in [-0.05, 0) is 168 Å². The zero-order chi connectivity index (χ0) is 88.8. The van der Waals surface area contributed by atoms with Gasteiger partial charge in [0.2, 0.25) is 0 Å². The quantitative estimate of drug-likeness (QED) is 0.0303. The molecular formula is C85H111Cl4F3KN4NaO12S6. The molecule has 2 aromatic heterocycles. The van der Waals surface area contributed by atoms with E-state index in [4.69, 9.17) is 66.7 Å². The molecule has 4 N–H and O–H groups in total. The summed E-state index contributed by atoms with van der Waals surface area (Å²) in [6.07, 6.45) is 17.8. The number of nitrogens with one attached hydrogen (secondary N) is 1. The Balaban J connectivity index is -0.000000412. The first kappa shape index (κ1) is 121. The van der Waals surface area contributed by atoms with Gasteiger partial charge in [-0.2, -0.15) is 30.6 Å². The normalized spacial score (nSPS) is 15.8. The first-order chi connectivity index (χ1) is 52.7. The molecule has 0 spiro atoms. The van der Waals surface area contributed by atoms with Crippen LogP contribution in [0.2, 0.25) is 0 Å². The average molecular weight is 1830 g/mol. The number of sulfone groups is 2. The second-order valence-corrected chi connectivity index (χ2v) is 38.3. The first-order valence-electron chi connectivity index (χ1n) is 34.8. The monoisotopic (exact) mass is 1830 g/mol. The number of epoxide rings is 1. The van der Waals surface area contributed by atoms with Crippen LogP contribution in [0.15, 0.2) is 149 Å². The zero-order valence-corrected chi connectivity index (χ0v) is 83.5. The Kier molecular flexibility index (Phi) is 63.8. The van der Waals surface area contributed by atoms with Crippen molar-refractivity contribution in [3.05, 3.63) is 183 Å². The Hall–Kier alpha value is -3.94. The summed E-state index contributed by atoms with van der Waals surface area (Å²) >= 11 is 29.6. The predicted molar refractivity (Wildman–Crippen MR) is 479 cm³/mol. The van der Waals surface area contributed by atoms with Crippen molar-refractivity contribution in [1.82, 2.24) is 9.97 Å². The van der Waals surface area contributed by atoms with Gasteiger partial charge in [0.25, 0.3) is 0 Å². The fourth-order valence-electron chi connectivity index (χ4n) is 9.89. The number of alkyl halides is 1. The van der Waals surface area contributed by atoms with Gasteiger partial charge in [-0.15, -0.1) is 48.6 Å². The van der Waals surface area contributed by atoms with Crippen molar-refractivity contribution < 1.29 is 150 Å². The number of carbonyl (C=O) groups is 4. The van der Waals surface area contributed by atoms with Gasteiger partial charge in [-0.25, -0.2) is 30.0 Å². The van der Waals surface area contributed by atoms with Crippen LogP contribution < -0.4 is 102 Å². The largest absolute Gasteiger partial charge is 1.00 e. The Morgan fingerprint density at radius 2 is 1.28 bits per heavy atom. The molecule has 11 rings (SSSR count). The number of aromatic nitrogens is 2. The van der Waals surface area contributed by atoms with E-state index in [2.05, 4.69) is 112 Å². The molecule has 31 heteroatoms. The number of aryl methyl sites for hydroxylation is 1. The number of ether oxygens (including phenoxy) is 2. The summed E-state index contributed by atoms with van der Waals surface area (Å²) in [7, 11) is -4.46. The number of nitrogens with zero attached hydrogens (tertiary/aromatic N) is 2. The summed E-state index contributed by atoms with van der Waals surface area (Å²) < 4.78 is 99.2. The van der Waals surface area contributed by atoms with Gasteiger partial charge in [0.1, 0.15) is 28.9 Å². The van der Waals surface area contributed by atoms with Gasteiger partial charge < -0.3 is 48.2 Å². The third kappa shape index (κ3) is 55.9. The van der Waals surface area contributed by atoms with E-state index in [-0.39, 0.29) is 141 Å². The SMILES string of the molecule is C#C.C#CC.C=C(Cl)CCl.C=C(Cl)CSC(C)=O.C=C(Cl)CSCC(C)(C)O.CC#CC.CC(=O)[S-].CC1(C)CC(=O)CS(=O)(=O)C1.CC1(C)CC2=C(C(c3ccc(F)c(F)c3)c3c(ccc4ncccc34)N2)S(=O)(=O)C1.CC1(C)CO1.CC1(C)CSCC(=O)C1.COc1ccc(C)c(F)c1.C[O-].Nc1ccc2ncccc2c1.[K+].[Na+]. The number of benzene rings is 4. The predicted octanol–water partition coefficient (Wildman–Crippen LogP) is 13.2. The summed E-state index contributed by atoms with van der Waals surface area (Å²) in [5, 5.41) is 24.2. The smallest absolute Gasteiger partial charge is 0.857 e. The molecule has 7 heterocycles. The zero-order valence-electron chi connectivity index (χ0n) is 70.4. The van der Waals surface area contributed by atoms with Crippen molar-refractivity contribution in [3.63, 3.8) is 0 Å². The van der Waals surface area contributed by atoms with Crippen molar-refractivity contribution in [3.8, 4) is 42.8 Å². The van der Waals surface area contributed by atoms with Crippen molar-refractivity contribution in [2.45, 2.75) is 147 Å². The summed E-state index contributed by atoms with van der Waals surface area (Å²) in [4.78, 5) is 50.0. The van der Waals surface area contributed by atoms with Crippen LogP contribution in [0.4, 0.5) is 24.5 Å². The van der Waals surface area contributed by atoms with Crippen LogP contribution in [0.5, 0.6) is 5.75 Å². The summed E-state index contributed by atoms with van der Waals surface area (Å²) in [5.74, 6) is 9.56. The topological polar surface area (TPSA) is 265 Å². The number of rotatable bonds is 9. The van der Waals surface area contributed by atoms with E-state index in [0.717, 1.165) is 71.4 Å². The molecule has 16 nitrogen and oxygen atoms in total. The average Bonchev–Trinajstić information content (AvgIpc) is 0.792. The molecule has 4 aromatic carbocycles. The van der Waals surface area contributed by atoms with Crippen molar-refractivity contribution in [1.29, 1.82) is 0 Å². The van der Waals surface area contributed by atoms with Crippen molar-refractivity contribution in [2.75, 3.05) is 83.8 Å². The summed E-state index contributed by atoms with van der Waals surface area (Å²) in [6.45, 7) is 40.5. The number of terminal acetylenes is 2. The second-order valence-electron chi connectivity index (χ2n) is 28.7. The molecule has 0 amide bonds. The Bertz CT molecular complexity index is 4500. The molecule has 1 unspecified atom stereocenters. The molecule has 3 saturated heterocycles. The second kappa shape index (κ2) is 61.4. The Morgan fingerprint density at radius 3 is 1.70 bits per heavy atom. The maximum absolute atomic E-state index is 14.2. The molecule has 1 atom stereocenters. The molecule has 3 fully saturated rings. The number of thioether (sulfide) groups is 3. The van der Waals surface area contributed by atoms with E-state index in [0.29, 0.717) is 90.5 Å².